The average molecular weight is 351 g/mol. The van der Waals surface area contributed by atoms with Gasteiger partial charge in [0.05, 0.1) is 0 Å². The first kappa shape index (κ1) is 19.1. The highest BCUT2D eigenvalue weighted by Crippen LogP contribution is 2.23. The quantitative estimate of drug-likeness (QED) is 0.297. The van der Waals surface area contributed by atoms with E-state index >= 15 is 0 Å². The van der Waals surface area contributed by atoms with Gasteiger partial charge in [-0.25, -0.2) is 31.5 Å². The summed E-state index contributed by atoms with van der Waals surface area (Å²) in [7, 11) is 0. The second-order valence-electron chi connectivity index (χ2n) is 3.99. The number of rotatable bonds is 4. The van der Waals surface area contributed by atoms with E-state index in [1.165, 1.54) is 17.6 Å². The van der Waals surface area contributed by atoms with Crippen LogP contribution in [0, 0.1) is 29.1 Å². The van der Waals surface area contributed by atoms with E-state index in [0.717, 1.165) is 0 Å². The van der Waals surface area contributed by atoms with E-state index in [1.54, 1.807) is 19.1 Å². The van der Waals surface area contributed by atoms with Crippen LogP contribution < -0.4 is 5.48 Å². The maximum atomic E-state index is 13.3. The minimum absolute atomic E-state index is 0.226. The molecule has 0 aliphatic rings. The Bertz CT molecular complexity index is 674. The third-order valence-corrected chi connectivity index (χ3v) is 2.39. The van der Waals surface area contributed by atoms with Crippen molar-refractivity contribution in [3.05, 3.63) is 59.0 Å². The largest absolute Gasteiger partial charge is 0.443 e. The summed E-state index contributed by atoms with van der Waals surface area (Å²) < 4.78 is 69.8. The molecule has 10 heteroatoms. The molecule has 1 N–H and O–H groups in total. The van der Waals surface area contributed by atoms with E-state index in [-0.39, 0.29) is 6.61 Å². The summed E-state index contributed by atoms with van der Waals surface area (Å²) in [4.78, 5) is 26.4. The summed E-state index contributed by atoms with van der Waals surface area (Å²) in [5.41, 5.74) is -0.502. The molecule has 0 aromatic heterocycles. The number of carbonyl (C=O) groups excluding carboxylic acids is 2. The highest BCUT2D eigenvalue weighted by atomic mass is 19.2. The third-order valence-electron chi connectivity index (χ3n) is 2.39. The van der Waals surface area contributed by atoms with Crippen molar-refractivity contribution in [2.24, 2.45) is 0 Å². The molecule has 5 nitrogen and oxygen atoms in total. The molecule has 0 saturated carbocycles. The summed E-state index contributed by atoms with van der Waals surface area (Å²) in [6.45, 7) is 1.52. The first-order valence-corrected chi connectivity index (χ1v) is 6.24. The lowest BCUT2D eigenvalue weighted by atomic mass is 10.1. The Morgan fingerprint density at radius 1 is 0.958 bits per heavy atom. The predicted octanol–water partition coefficient (Wildman–Crippen LogP) is 3.31. The Morgan fingerprint density at radius 2 is 1.50 bits per heavy atom. The van der Waals surface area contributed by atoms with Crippen LogP contribution in [0.5, 0.6) is 0 Å². The van der Waals surface area contributed by atoms with Gasteiger partial charge in [-0.05, 0) is 13.0 Å². The summed E-state index contributed by atoms with van der Waals surface area (Å²) in [5, 5.41) is 0. The van der Waals surface area contributed by atoms with Crippen LogP contribution in [0.15, 0.2) is 24.3 Å². The van der Waals surface area contributed by atoms with Crippen LogP contribution in [0.1, 0.15) is 17.3 Å². The lowest BCUT2D eigenvalue weighted by Crippen LogP contribution is -2.29. The number of ether oxygens (including phenoxy) is 1. The van der Waals surface area contributed by atoms with E-state index in [2.05, 4.69) is 9.57 Å². The molecule has 0 aliphatic carbocycles. The third kappa shape index (κ3) is 4.54. The highest BCUT2D eigenvalue weighted by Gasteiger charge is 2.31. The molecule has 130 valence electrons. The maximum absolute atomic E-state index is 13.3. The maximum Gasteiger partial charge on any atom is 0.441 e. The standard InChI is InChI=1S/C14H10F5NO4/c1-2-3-4-5-6-23-14(22)20-24-13(21)7-8(15)10(17)12(19)11(18)9(7)16/h2-5H,6H2,1H3,(H,20,22)/b3-2+,5-4+. The minimum Gasteiger partial charge on any atom is -0.443 e. The molecule has 0 unspecified atom stereocenters. The molecule has 0 heterocycles. The van der Waals surface area contributed by atoms with Gasteiger partial charge in [-0.3, -0.25) is 0 Å². The predicted molar refractivity (Wildman–Crippen MR) is 70.1 cm³/mol. The van der Waals surface area contributed by atoms with Crippen molar-refractivity contribution in [3.8, 4) is 0 Å². The number of benzene rings is 1. The van der Waals surface area contributed by atoms with E-state index in [0.29, 0.717) is 0 Å². The van der Waals surface area contributed by atoms with Crippen LogP contribution in [0.3, 0.4) is 0 Å². The van der Waals surface area contributed by atoms with Crippen LogP contribution in [-0.2, 0) is 9.57 Å². The normalized spacial score (nSPS) is 11.1. The van der Waals surface area contributed by atoms with E-state index in [4.69, 9.17) is 0 Å². The molecule has 0 spiro atoms. The van der Waals surface area contributed by atoms with E-state index < -0.39 is 46.7 Å². The van der Waals surface area contributed by atoms with Crippen LogP contribution in [0.25, 0.3) is 0 Å². The van der Waals surface area contributed by atoms with Gasteiger partial charge in [-0.1, -0.05) is 18.2 Å². The molecule has 1 aromatic rings. The molecule has 0 fully saturated rings. The van der Waals surface area contributed by atoms with Gasteiger partial charge in [0.15, 0.2) is 23.3 Å². The Balaban J connectivity index is 2.71. The molecule has 0 aliphatic heterocycles. The summed E-state index contributed by atoms with van der Waals surface area (Å²) >= 11 is 0. The molecule has 1 rings (SSSR count). The number of carbonyl (C=O) groups is 2. The number of allylic oxidation sites excluding steroid dienone is 3. The van der Waals surface area contributed by atoms with E-state index in [1.807, 2.05) is 0 Å². The zero-order chi connectivity index (χ0) is 18.3. The molecule has 0 atom stereocenters. The second kappa shape index (κ2) is 8.65. The number of hydrogen-bond acceptors (Lipinski definition) is 4. The fourth-order valence-corrected chi connectivity index (χ4v) is 1.32. The fraction of sp³-hybridized carbons (Fsp3) is 0.143. The molecule has 0 bridgehead atoms. The Morgan fingerprint density at radius 3 is 2.04 bits per heavy atom. The number of nitrogens with one attached hydrogen (secondary N) is 1. The van der Waals surface area contributed by atoms with Crippen molar-refractivity contribution in [1.82, 2.24) is 5.48 Å². The molecule has 1 aromatic carbocycles. The smallest absolute Gasteiger partial charge is 0.441 e. The van der Waals surface area contributed by atoms with Crippen LogP contribution >= 0.6 is 0 Å². The van der Waals surface area contributed by atoms with Crippen LogP contribution in [-0.4, -0.2) is 18.7 Å². The molecular formula is C14H10F5NO4. The Hall–Kier alpha value is -2.91. The number of hydroxylamine groups is 1. The molecular weight excluding hydrogens is 341 g/mol. The lowest BCUT2D eigenvalue weighted by Gasteiger charge is -2.08. The first-order valence-electron chi connectivity index (χ1n) is 6.24. The van der Waals surface area contributed by atoms with Crippen molar-refractivity contribution in [3.63, 3.8) is 0 Å². The van der Waals surface area contributed by atoms with Gasteiger partial charge in [-0.15, -0.1) is 5.48 Å². The van der Waals surface area contributed by atoms with Gasteiger partial charge >= 0.3 is 12.1 Å². The Labute approximate surface area is 132 Å². The molecule has 0 saturated heterocycles. The number of amides is 1. The summed E-state index contributed by atoms with van der Waals surface area (Å²) in [6, 6.07) is 0. The van der Waals surface area contributed by atoms with Gasteiger partial charge in [0, 0.05) is 0 Å². The van der Waals surface area contributed by atoms with Crippen LogP contribution in [0.2, 0.25) is 0 Å². The van der Waals surface area contributed by atoms with Crippen molar-refractivity contribution >= 4 is 12.1 Å². The SMILES string of the molecule is C/C=C/C=C/COC(=O)NOC(=O)c1c(F)c(F)c(F)c(F)c1F. The van der Waals surface area contributed by atoms with Gasteiger partial charge in [0.25, 0.3) is 0 Å². The average Bonchev–Trinajstić information content (AvgIpc) is 2.56. The van der Waals surface area contributed by atoms with Crippen molar-refractivity contribution in [2.75, 3.05) is 6.61 Å². The zero-order valence-electron chi connectivity index (χ0n) is 12.0. The summed E-state index contributed by atoms with van der Waals surface area (Å²) in [5.74, 6) is -13.8. The molecule has 24 heavy (non-hydrogen) atoms. The van der Waals surface area contributed by atoms with Gasteiger partial charge < -0.3 is 9.57 Å². The molecule has 0 radical (unpaired) electrons. The zero-order valence-corrected chi connectivity index (χ0v) is 12.0. The highest BCUT2D eigenvalue weighted by molar-refractivity contribution is 5.90. The Kier molecular flexibility index (Phi) is 6.90. The topological polar surface area (TPSA) is 64.6 Å². The fourth-order valence-electron chi connectivity index (χ4n) is 1.32. The van der Waals surface area contributed by atoms with E-state index in [9.17, 15) is 31.5 Å². The minimum atomic E-state index is -2.43. The second-order valence-corrected chi connectivity index (χ2v) is 3.99. The van der Waals surface area contributed by atoms with Crippen molar-refractivity contribution in [1.29, 1.82) is 0 Å². The van der Waals surface area contributed by atoms with Gasteiger partial charge in [0.2, 0.25) is 5.82 Å². The number of halogens is 5. The first-order chi connectivity index (χ1) is 11.3. The summed E-state index contributed by atoms with van der Waals surface area (Å²) in [6.07, 6.45) is 4.95. The molecule has 1 amide bonds. The number of hydrogen-bond donors (Lipinski definition) is 1. The van der Waals surface area contributed by atoms with Gasteiger partial charge in [0.1, 0.15) is 12.2 Å². The van der Waals surface area contributed by atoms with Crippen molar-refractivity contribution < 1.29 is 41.1 Å². The van der Waals surface area contributed by atoms with Crippen molar-refractivity contribution in [2.45, 2.75) is 6.92 Å². The van der Waals surface area contributed by atoms with Gasteiger partial charge in [-0.2, -0.15) is 0 Å². The van der Waals surface area contributed by atoms with Crippen LogP contribution in [0.4, 0.5) is 26.7 Å². The lowest BCUT2D eigenvalue weighted by molar-refractivity contribution is 0.0210. The monoisotopic (exact) mass is 351 g/mol.